The van der Waals surface area contributed by atoms with E-state index in [1.54, 1.807) is 45.0 Å². The minimum absolute atomic E-state index is 0.0682. The predicted octanol–water partition coefficient (Wildman–Crippen LogP) is 4.20. The number of carbonyl (C=O) groups excluding carboxylic acids is 4. The quantitative estimate of drug-likeness (QED) is 0.239. The highest BCUT2D eigenvalue weighted by atomic mass is 16.6. The summed E-state index contributed by atoms with van der Waals surface area (Å²) >= 11 is 0. The van der Waals surface area contributed by atoms with Crippen LogP contribution in [-0.4, -0.2) is 41.6 Å². The van der Waals surface area contributed by atoms with Crippen LogP contribution in [0.4, 0.5) is 4.79 Å². The van der Waals surface area contributed by atoms with Gasteiger partial charge in [0.05, 0.1) is 0 Å². The van der Waals surface area contributed by atoms with Gasteiger partial charge in [-0.2, -0.15) is 0 Å². The van der Waals surface area contributed by atoms with Crippen molar-refractivity contribution >= 4 is 23.9 Å². The van der Waals surface area contributed by atoms with E-state index in [4.69, 9.17) is 19.9 Å². The third kappa shape index (κ3) is 12.3. The Hall–Kier alpha value is -4.86. The molecular formula is C33H39N3O7. The summed E-state index contributed by atoms with van der Waals surface area (Å²) in [6.45, 7) is 5.60. The number of alkyl carbamates (subject to hydrolysis) is 1. The number of nitrogens with two attached hydrogens (primary N) is 1. The highest BCUT2D eigenvalue weighted by Crippen LogP contribution is 2.16. The van der Waals surface area contributed by atoms with Crippen LogP contribution in [0.1, 0.15) is 50.3 Å². The third-order valence-corrected chi connectivity index (χ3v) is 6.16. The van der Waals surface area contributed by atoms with Crippen LogP contribution >= 0.6 is 0 Å². The minimum atomic E-state index is -1.16. The van der Waals surface area contributed by atoms with Crippen LogP contribution in [0.25, 0.3) is 0 Å². The molecule has 3 aromatic carbocycles. The highest BCUT2D eigenvalue weighted by molar-refractivity contribution is 5.91. The molecule has 0 saturated carbocycles. The lowest BCUT2D eigenvalue weighted by Gasteiger charge is -2.25. The lowest BCUT2D eigenvalue weighted by atomic mass is 10.0. The number of benzene rings is 3. The molecule has 0 fully saturated rings. The largest absolute Gasteiger partial charge is 0.489 e. The van der Waals surface area contributed by atoms with Crippen LogP contribution in [0.15, 0.2) is 84.9 Å². The van der Waals surface area contributed by atoms with Gasteiger partial charge in [0.1, 0.15) is 36.6 Å². The Morgan fingerprint density at radius 1 is 0.744 bits per heavy atom. The number of hydrogen-bond donors (Lipinski definition) is 3. The van der Waals surface area contributed by atoms with E-state index in [1.165, 1.54) is 0 Å². The van der Waals surface area contributed by atoms with Gasteiger partial charge in [-0.3, -0.25) is 14.4 Å². The SMILES string of the molecule is CC(C)(C)OC(=O)N[C@H](Cc1ccc(OCc2ccccc2)cc1)C(=O)N[C@@H](CCC(=O)OCc1ccccc1)C(N)=O. The first-order valence-corrected chi connectivity index (χ1v) is 14.0. The molecule has 0 spiro atoms. The number of ether oxygens (including phenoxy) is 3. The molecule has 3 amide bonds. The average molecular weight is 590 g/mol. The number of primary amides is 1. The van der Waals surface area contributed by atoms with E-state index in [2.05, 4.69) is 10.6 Å². The molecule has 2 atom stereocenters. The molecule has 0 aromatic heterocycles. The summed E-state index contributed by atoms with van der Waals surface area (Å²) in [5.41, 5.74) is 7.31. The molecule has 0 heterocycles. The molecule has 43 heavy (non-hydrogen) atoms. The van der Waals surface area contributed by atoms with Gasteiger partial charge in [-0.05, 0) is 56.0 Å². The van der Waals surface area contributed by atoms with E-state index in [0.717, 1.165) is 16.7 Å². The summed E-state index contributed by atoms with van der Waals surface area (Å²) in [6.07, 6.45) is -0.916. The third-order valence-electron chi connectivity index (χ3n) is 6.16. The number of nitrogens with one attached hydrogen (secondary N) is 2. The second-order valence-electron chi connectivity index (χ2n) is 11.0. The van der Waals surface area contributed by atoms with E-state index >= 15 is 0 Å². The smallest absolute Gasteiger partial charge is 0.408 e. The fourth-order valence-corrected chi connectivity index (χ4v) is 3.99. The molecular weight excluding hydrogens is 550 g/mol. The zero-order chi connectivity index (χ0) is 31.2. The zero-order valence-corrected chi connectivity index (χ0v) is 24.7. The molecule has 0 aliphatic heterocycles. The van der Waals surface area contributed by atoms with Crippen molar-refractivity contribution in [2.24, 2.45) is 5.73 Å². The zero-order valence-electron chi connectivity index (χ0n) is 24.7. The van der Waals surface area contributed by atoms with E-state index in [-0.39, 0.29) is 25.9 Å². The van der Waals surface area contributed by atoms with E-state index in [1.807, 2.05) is 60.7 Å². The summed E-state index contributed by atoms with van der Waals surface area (Å²) in [7, 11) is 0. The van der Waals surface area contributed by atoms with Crippen LogP contribution in [0.5, 0.6) is 5.75 Å². The van der Waals surface area contributed by atoms with E-state index < -0.39 is 41.6 Å². The highest BCUT2D eigenvalue weighted by Gasteiger charge is 2.28. The van der Waals surface area contributed by atoms with Crippen molar-refractivity contribution in [3.05, 3.63) is 102 Å². The van der Waals surface area contributed by atoms with Crippen LogP contribution in [0.2, 0.25) is 0 Å². The van der Waals surface area contributed by atoms with Gasteiger partial charge in [-0.15, -0.1) is 0 Å². The molecule has 4 N–H and O–H groups in total. The first-order chi connectivity index (χ1) is 20.5. The van der Waals surface area contributed by atoms with Crippen molar-refractivity contribution in [1.82, 2.24) is 10.6 Å². The molecule has 3 rings (SSSR count). The Labute approximate surface area is 251 Å². The van der Waals surface area contributed by atoms with Gasteiger partial charge in [-0.1, -0.05) is 72.8 Å². The fraction of sp³-hybridized carbons (Fsp3) is 0.333. The average Bonchev–Trinajstić information content (AvgIpc) is 2.97. The normalized spacial score (nSPS) is 12.3. The summed E-state index contributed by atoms with van der Waals surface area (Å²) < 4.78 is 16.4. The summed E-state index contributed by atoms with van der Waals surface area (Å²) in [5.74, 6) is -1.37. The van der Waals surface area contributed by atoms with Gasteiger partial charge < -0.3 is 30.6 Å². The molecule has 10 nitrogen and oxygen atoms in total. The summed E-state index contributed by atoms with van der Waals surface area (Å²) in [5, 5.41) is 5.15. The molecule has 10 heteroatoms. The first kappa shape index (κ1) is 32.7. The van der Waals surface area contributed by atoms with Crippen molar-refractivity contribution in [1.29, 1.82) is 0 Å². The minimum Gasteiger partial charge on any atom is -0.489 e. The number of amides is 3. The second kappa shape index (κ2) is 16.0. The van der Waals surface area contributed by atoms with Gasteiger partial charge in [0.15, 0.2) is 0 Å². The van der Waals surface area contributed by atoms with Crippen LogP contribution in [-0.2, 0) is 43.5 Å². The molecule has 0 unspecified atom stereocenters. The van der Waals surface area contributed by atoms with Crippen LogP contribution in [0.3, 0.4) is 0 Å². The number of hydrogen-bond acceptors (Lipinski definition) is 7. The van der Waals surface area contributed by atoms with Crippen LogP contribution in [0, 0.1) is 0 Å². The van der Waals surface area contributed by atoms with Gasteiger partial charge in [0.25, 0.3) is 0 Å². The number of rotatable bonds is 14. The molecule has 0 aliphatic carbocycles. The second-order valence-corrected chi connectivity index (χ2v) is 11.0. The maximum Gasteiger partial charge on any atom is 0.408 e. The maximum atomic E-state index is 13.3. The van der Waals surface area contributed by atoms with Crippen LogP contribution < -0.4 is 21.1 Å². The molecule has 0 bridgehead atoms. The van der Waals surface area contributed by atoms with Crippen molar-refractivity contribution in [2.45, 2.75) is 70.9 Å². The van der Waals surface area contributed by atoms with E-state index in [9.17, 15) is 19.2 Å². The van der Waals surface area contributed by atoms with Gasteiger partial charge in [0.2, 0.25) is 11.8 Å². The Balaban J connectivity index is 1.62. The lowest BCUT2D eigenvalue weighted by molar-refractivity contribution is -0.145. The maximum absolute atomic E-state index is 13.3. The fourth-order valence-electron chi connectivity index (χ4n) is 3.99. The number of carbonyl (C=O) groups is 4. The molecule has 228 valence electrons. The van der Waals surface area contributed by atoms with Crippen molar-refractivity contribution in [3.8, 4) is 5.75 Å². The van der Waals surface area contributed by atoms with Gasteiger partial charge in [0, 0.05) is 12.8 Å². The van der Waals surface area contributed by atoms with Crippen molar-refractivity contribution < 1.29 is 33.4 Å². The van der Waals surface area contributed by atoms with Crippen molar-refractivity contribution in [3.63, 3.8) is 0 Å². The predicted molar refractivity (Wildman–Crippen MR) is 161 cm³/mol. The molecule has 3 aromatic rings. The van der Waals surface area contributed by atoms with Crippen molar-refractivity contribution in [2.75, 3.05) is 0 Å². The Morgan fingerprint density at radius 3 is 1.88 bits per heavy atom. The topological polar surface area (TPSA) is 146 Å². The van der Waals surface area contributed by atoms with Gasteiger partial charge >= 0.3 is 12.1 Å². The Kier molecular flexibility index (Phi) is 12.1. The summed E-state index contributed by atoms with van der Waals surface area (Å²) in [6, 6.07) is 23.7. The number of esters is 1. The standard InChI is InChI=1S/C33H39N3O7/c1-33(2,3)43-32(40)36-28(20-23-14-16-26(17-15-23)41-21-24-10-6-4-7-11-24)31(39)35-27(30(34)38)18-19-29(37)42-22-25-12-8-5-9-13-25/h4-17,27-28H,18-22H2,1-3H3,(H2,34,38)(H,35,39)(H,36,40)/t27-,28+/m0/s1. The Morgan fingerprint density at radius 2 is 1.33 bits per heavy atom. The van der Waals surface area contributed by atoms with Gasteiger partial charge in [-0.25, -0.2) is 4.79 Å². The first-order valence-electron chi connectivity index (χ1n) is 14.0. The van der Waals surface area contributed by atoms with E-state index in [0.29, 0.717) is 12.4 Å². The molecule has 0 saturated heterocycles. The lowest BCUT2D eigenvalue weighted by Crippen LogP contribution is -2.54. The Bertz CT molecular complexity index is 1340. The molecule has 0 radical (unpaired) electrons. The monoisotopic (exact) mass is 589 g/mol. The summed E-state index contributed by atoms with van der Waals surface area (Å²) in [4.78, 5) is 50.3. The molecule has 0 aliphatic rings.